The lowest BCUT2D eigenvalue weighted by molar-refractivity contribution is 1.38. The van der Waals surface area contributed by atoms with E-state index in [-0.39, 0.29) is 0 Å². The van der Waals surface area contributed by atoms with E-state index in [9.17, 15) is 5.26 Å². The van der Waals surface area contributed by atoms with Crippen LogP contribution in [0.2, 0.25) is 0 Å². The summed E-state index contributed by atoms with van der Waals surface area (Å²) in [5.74, 6) is 0. The molecule has 22 heavy (non-hydrogen) atoms. The van der Waals surface area contributed by atoms with Crippen LogP contribution in [0.3, 0.4) is 0 Å². The smallest absolute Gasteiger partial charge is 0.125 e. The molecule has 0 saturated carbocycles. The second-order valence-corrected chi connectivity index (χ2v) is 5.99. The Kier molecular flexibility index (Phi) is 2.84. The van der Waals surface area contributed by atoms with Crippen LogP contribution in [0.5, 0.6) is 0 Å². The number of thiophene rings is 1. The number of rotatable bonds is 2. The summed E-state index contributed by atoms with van der Waals surface area (Å²) in [6.07, 6.45) is 3.57. The highest BCUT2D eigenvalue weighted by Crippen LogP contribution is 2.34. The summed E-state index contributed by atoms with van der Waals surface area (Å²) in [6, 6.07) is 10.4. The number of nitrogens with zero attached hydrogens (tertiary/aromatic N) is 2. The molecule has 0 aliphatic carbocycles. The van der Waals surface area contributed by atoms with Crippen molar-refractivity contribution < 1.29 is 0 Å². The second-order valence-electron chi connectivity index (χ2n) is 5.10. The maximum absolute atomic E-state index is 9.37. The van der Waals surface area contributed by atoms with E-state index in [2.05, 4.69) is 34.3 Å². The summed E-state index contributed by atoms with van der Waals surface area (Å²) in [5.41, 5.74) is 4.65. The number of nitrogens with one attached hydrogen (secondary N) is 2. The lowest BCUT2D eigenvalue weighted by Gasteiger charge is -2.12. The molecule has 4 aromatic rings. The van der Waals surface area contributed by atoms with Gasteiger partial charge in [-0.1, -0.05) is 0 Å². The molecule has 3 heterocycles. The molecule has 0 aliphatic rings. The third-order valence-corrected chi connectivity index (χ3v) is 4.70. The molecule has 0 radical (unpaired) electrons. The van der Waals surface area contributed by atoms with Gasteiger partial charge in [-0.2, -0.15) is 5.26 Å². The van der Waals surface area contributed by atoms with Crippen molar-refractivity contribution in [2.75, 3.05) is 5.32 Å². The number of benzene rings is 1. The van der Waals surface area contributed by atoms with Gasteiger partial charge < -0.3 is 10.3 Å². The number of hydrogen-bond acceptors (Lipinski definition) is 4. The van der Waals surface area contributed by atoms with Gasteiger partial charge >= 0.3 is 0 Å². The topological polar surface area (TPSA) is 64.5 Å². The third kappa shape index (κ3) is 1.85. The molecule has 5 heteroatoms. The lowest BCUT2D eigenvalue weighted by atomic mass is 10.1. The van der Waals surface area contributed by atoms with Crippen LogP contribution in [0.4, 0.5) is 11.4 Å². The molecule has 3 aromatic heterocycles. The summed E-state index contributed by atoms with van der Waals surface area (Å²) in [7, 11) is 0. The number of fused-ring (bicyclic) bond motifs is 2. The van der Waals surface area contributed by atoms with Crippen LogP contribution in [-0.2, 0) is 0 Å². The van der Waals surface area contributed by atoms with E-state index >= 15 is 0 Å². The normalized spacial score (nSPS) is 10.9. The van der Waals surface area contributed by atoms with Crippen LogP contribution in [0.1, 0.15) is 11.1 Å². The van der Waals surface area contributed by atoms with E-state index in [1.165, 1.54) is 5.39 Å². The zero-order valence-electron chi connectivity index (χ0n) is 11.8. The fraction of sp³-hybridized carbons (Fsp3) is 0.0588. The van der Waals surface area contributed by atoms with Gasteiger partial charge in [0.1, 0.15) is 10.9 Å². The first kappa shape index (κ1) is 12.9. The minimum absolute atomic E-state index is 0.555. The van der Waals surface area contributed by atoms with Crippen molar-refractivity contribution >= 4 is 43.8 Å². The minimum atomic E-state index is 0.555. The molecule has 0 spiro atoms. The Hall–Kier alpha value is -2.84. The van der Waals surface area contributed by atoms with Crippen LogP contribution >= 0.6 is 11.3 Å². The molecule has 0 aliphatic heterocycles. The SMILES string of the molecule is Cc1c(Nc2c(C#N)cnc3sccc23)ccc2[nH]ccc12. The fourth-order valence-corrected chi connectivity index (χ4v) is 3.44. The van der Waals surface area contributed by atoms with Gasteiger partial charge in [0.2, 0.25) is 0 Å². The number of aromatic amines is 1. The third-order valence-electron chi connectivity index (χ3n) is 3.88. The summed E-state index contributed by atoms with van der Waals surface area (Å²) >= 11 is 1.57. The Balaban J connectivity index is 1.90. The van der Waals surface area contributed by atoms with Crippen molar-refractivity contribution in [3.05, 3.63) is 53.2 Å². The van der Waals surface area contributed by atoms with E-state index in [1.807, 2.05) is 29.8 Å². The van der Waals surface area contributed by atoms with Gasteiger partial charge in [0.25, 0.3) is 0 Å². The largest absolute Gasteiger partial charge is 0.361 e. The average Bonchev–Trinajstić information content (AvgIpc) is 3.18. The van der Waals surface area contributed by atoms with Gasteiger partial charge in [0.15, 0.2) is 0 Å². The minimum Gasteiger partial charge on any atom is -0.361 e. The summed E-state index contributed by atoms with van der Waals surface area (Å²) < 4.78 is 0. The van der Waals surface area contributed by atoms with E-state index in [0.29, 0.717) is 5.56 Å². The highest BCUT2D eigenvalue weighted by molar-refractivity contribution is 7.16. The van der Waals surface area contributed by atoms with Crippen molar-refractivity contribution in [1.29, 1.82) is 5.26 Å². The molecule has 106 valence electrons. The average molecular weight is 304 g/mol. The Bertz CT molecular complexity index is 1040. The monoisotopic (exact) mass is 304 g/mol. The zero-order valence-corrected chi connectivity index (χ0v) is 12.7. The van der Waals surface area contributed by atoms with Crippen molar-refractivity contribution in [1.82, 2.24) is 9.97 Å². The van der Waals surface area contributed by atoms with Crippen LogP contribution < -0.4 is 5.32 Å². The molecule has 0 saturated heterocycles. The molecular weight excluding hydrogens is 292 g/mol. The Morgan fingerprint density at radius 1 is 1.23 bits per heavy atom. The predicted octanol–water partition coefficient (Wildman–Crippen LogP) is 4.70. The second kappa shape index (κ2) is 4.86. The predicted molar refractivity (Wildman–Crippen MR) is 90.7 cm³/mol. The lowest BCUT2D eigenvalue weighted by Crippen LogP contribution is -1.97. The summed E-state index contributed by atoms with van der Waals surface area (Å²) in [6.45, 7) is 2.08. The van der Waals surface area contributed by atoms with E-state index < -0.39 is 0 Å². The Morgan fingerprint density at radius 3 is 3.00 bits per heavy atom. The Labute approximate surface area is 131 Å². The molecule has 2 N–H and O–H groups in total. The van der Waals surface area contributed by atoms with Crippen molar-refractivity contribution in [2.24, 2.45) is 0 Å². The fourth-order valence-electron chi connectivity index (χ4n) is 2.70. The molecule has 0 atom stereocenters. The van der Waals surface area contributed by atoms with Gasteiger partial charge in [-0.3, -0.25) is 0 Å². The maximum Gasteiger partial charge on any atom is 0.125 e. The van der Waals surface area contributed by atoms with Crippen LogP contribution in [-0.4, -0.2) is 9.97 Å². The first-order valence-corrected chi connectivity index (χ1v) is 7.76. The van der Waals surface area contributed by atoms with Gasteiger partial charge in [-0.05, 0) is 42.1 Å². The molecule has 0 bridgehead atoms. The molecule has 1 aromatic carbocycles. The first-order chi connectivity index (χ1) is 10.8. The summed E-state index contributed by atoms with van der Waals surface area (Å²) in [5, 5.41) is 17.0. The van der Waals surface area contributed by atoms with Gasteiger partial charge in [0.05, 0.1) is 11.3 Å². The zero-order chi connectivity index (χ0) is 15.1. The number of anilines is 2. The standard InChI is InChI=1S/C17H12N4S/c1-10-12-4-6-19-15(12)3-2-14(10)21-16-11(8-18)9-20-17-13(16)5-7-22-17/h2-7,9,19H,1H3,(H,20,21). The van der Waals surface area contributed by atoms with Gasteiger partial charge in [-0.25, -0.2) is 4.98 Å². The van der Waals surface area contributed by atoms with Crippen molar-refractivity contribution in [3.63, 3.8) is 0 Å². The van der Waals surface area contributed by atoms with Gasteiger partial charge in [0, 0.05) is 34.4 Å². The number of H-pyrrole nitrogens is 1. The highest BCUT2D eigenvalue weighted by atomic mass is 32.1. The maximum atomic E-state index is 9.37. The van der Waals surface area contributed by atoms with Crippen molar-refractivity contribution in [2.45, 2.75) is 6.92 Å². The van der Waals surface area contributed by atoms with Crippen molar-refractivity contribution in [3.8, 4) is 6.07 Å². The Morgan fingerprint density at radius 2 is 2.14 bits per heavy atom. The number of hydrogen-bond donors (Lipinski definition) is 2. The molecular formula is C17H12N4S. The number of aromatic nitrogens is 2. The van der Waals surface area contributed by atoms with Crippen LogP contribution in [0.25, 0.3) is 21.1 Å². The molecule has 4 nitrogen and oxygen atoms in total. The molecule has 0 fully saturated rings. The molecule has 0 unspecified atom stereocenters. The number of pyridine rings is 1. The first-order valence-electron chi connectivity index (χ1n) is 6.88. The quantitative estimate of drug-likeness (QED) is 0.564. The number of aryl methyl sites for hydroxylation is 1. The highest BCUT2D eigenvalue weighted by Gasteiger charge is 2.12. The molecule has 4 rings (SSSR count). The summed E-state index contributed by atoms with van der Waals surface area (Å²) in [4.78, 5) is 8.47. The van der Waals surface area contributed by atoms with E-state index in [1.54, 1.807) is 17.5 Å². The van der Waals surface area contributed by atoms with Crippen LogP contribution in [0, 0.1) is 18.3 Å². The molecule has 0 amide bonds. The van der Waals surface area contributed by atoms with E-state index in [0.717, 1.165) is 32.7 Å². The van der Waals surface area contributed by atoms with E-state index in [4.69, 9.17) is 0 Å². The number of nitriles is 1. The van der Waals surface area contributed by atoms with Crippen LogP contribution in [0.15, 0.2) is 42.0 Å². The van der Waals surface area contributed by atoms with Gasteiger partial charge in [-0.15, -0.1) is 11.3 Å².